The third kappa shape index (κ3) is 6.46. The number of allylic oxidation sites excluding steroid dienone is 2. The van der Waals surface area contributed by atoms with Crippen LogP contribution in [0.2, 0.25) is 0 Å². The first-order valence-corrected chi connectivity index (χ1v) is 14.8. The monoisotopic (exact) mass is 524 g/mol. The van der Waals surface area contributed by atoms with Crippen molar-refractivity contribution in [3.8, 4) is 0 Å². The lowest BCUT2D eigenvalue weighted by Crippen LogP contribution is -2.44. The van der Waals surface area contributed by atoms with Crippen LogP contribution in [-0.2, 0) is 25.7 Å². The number of halogens is 3. The van der Waals surface area contributed by atoms with E-state index >= 15 is 0 Å². The molecule has 0 aliphatic heterocycles. The molecule has 0 aromatic heterocycles. The maximum Gasteiger partial charge on any atom is 0.394 e. The van der Waals surface area contributed by atoms with Gasteiger partial charge in [-0.1, -0.05) is 103 Å². The van der Waals surface area contributed by atoms with Crippen molar-refractivity contribution in [2.75, 3.05) is 0 Å². The second-order valence-corrected chi connectivity index (χ2v) is 11.4. The van der Waals surface area contributed by atoms with Gasteiger partial charge in [0.1, 0.15) is 0 Å². The highest BCUT2D eigenvalue weighted by Gasteiger charge is 2.61. The van der Waals surface area contributed by atoms with Gasteiger partial charge in [0.15, 0.2) is 0 Å². The van der Waals surface area contributed by atoms with Gasteiger partial charge >= 0.3 is 6.18 Å². The van der Waals surface area contributed by atoms with Crippen LogP contribution < -0.4 is 0 Å². The van der Waals surface area contributed by atoms with Crippen LogP contribution in [0.4, 0.5) is 13.2 Å². The van der Waals surface area contributed by atoms with Crippen LogP contribution in [0.5, 0.6) is 0 Å². The number of hydrogen-bond acceptors (Lipinski definition) is 0. The van der Waals surface area contributed by atoms with Crippen LogP contribution in [0, 0.1) is 17.3 Å². The van der Waals surface area contributed by atoms with Gasteiger partial charge in [-0.25, -0.2) is 0 Å². The largest absolute Gasteiger partial charge is 0.394 e. The molecular weight excluding hydrogens is 477 g/mol. The molecule has 3 heteroatoms. The summed E-state index contributed by atoms with van der Waals surface area (Å²) in [6.07, 6.45) is 8.93. The van der Waals surface area contributed by atoms with Crippen LogP contribution in [0.25, 0.3) is 11.6 Å². The molecule has 1 fully saturated rings. The van der Waals surface area contributed by atoms with Gasteiger partial charge in [-0.2, -0.15) is 13.2 Å². The van der Waals surface area contributed by atoms with E-state index in [1.54, 1.807) is 0 Å². The predicted octanol–water partition coefficient (Wildman–Crippen LogP) is 10.8. The van der Waals surface area contributed by atoms with Crippen molar-refractivity contribution in [3.05, 3.63) is 82.4 Å². The zero-order valence-electron chi connectivity index (χ0n) is 24.2. The molecule has 0 heterocycles. The highest BCUT2D eigenvalue weighted by atomic mass is 19.4. The van der Waals surface area contributed by atoms with Crippen molar-refractivity contribution in [2.24, 2.45) is 17.3 Å². The number of alkyl halides is 3. The van der Waals surface area contributed by atoms with Crippen LogP contribution in [0.1, 0.15) is 107 Å². The molecule has 3 rings (SSSR count). The zero-order valence-corrected chi connectivity index (χ0v) is 24.2. The van der Waals surface area contributed by atoms with Crippen LogP contribution in [0.3, 0.4) is 0 Å². The maximum absolute atomic E-state index is 14.2. The van der Waals surface area contributed by atoms with E-state index in [-0.39, 0.29) is 11.8 Å². The average molecular weight is 525 g/mol. The Morgan fingerprint density at radius 2 is 1.58 bits per heavy atom. The number of rotatable bonds is 12. The maximum atomic E-state index is 14.2. The molecule has 0 saturated heterocycles. The molecule has 38 heavy (non-hydrogen) atoms. The fraction of sp³-hybridized carbons (Fsp3) is 0.543. The quantitative estimate of drug-likeness (QED) is 0.147. The van der Waals surface area contributed by atoms with Crippen molar-refractivity contribution >= 4 is 11.6 Å². The summed E-state index contributed by atoms with van der Waals surface area (Å²) in [6.45, 7) is 14.0. The van der Waals surface area contributed by atoms with E-state index in [0.717, 1.165) is 36.0 Å². The van der Waals surface area contributed by atoms with Gasteiger partial charge in [-0.15, -0.1) is 0 Å². The average Bonchev–Trinajstić information content (AvgIpc) is 3.24. The summed E-state index contributed by atoms with van der Waals surface area (Å²) in [5, 5.41) is 0. The molecule has 2 aromatic rings. The molecule has 0 amide bonds. The van der Waals surface area contributed by atoms with E-state index in [1.807, 2.05) is 19.1 Å². The highest BCUT2D eigenvalue weighted by molar-refractivity contribution is 5.89. The smallest absolute Gasteiger partial charge is 0.170 e. The highest BCUT2D eigenvalue weighted by Crippen LogP contribution is 2.58. The number of unbranched alkanes of at least 4 members (excludes halogenated alkanes) is 2. The molecule has 1 saturated carbocycles. The van der Waals surface area contributed by atoms with Gasteiger partial charge in [0.05, 0.1) is 5.41 Å². The number of hydrogen-bond donors (Lipinski definition) is 0. The van der Waals surface area contributed by atoms with Gasteiger partial charge in [0.2, 0.25) is 0 Å². The van der Waals surface area contributed by atoms with Crippen LogP contribution in [0.15, 0.2) is 49.1 Å². The normalized spacial score (nSPS) is 22.2. The van der Waals surface area contributed by atoms with Crippen molar-refractivity contribution in [3.63, 3.8) is 0 Å². The van der Waals surface area contributed by atoms with Crippen LogP contribution in [-0.4, -0.2) is 6.18 Å². The molecule has 1 aliphatic rings. The van der Waals surface area contributed by atoms with E-state index in [9.17, 15) is 13.2 Å². The predicted molar refractivity (Wildman–Crippen MR) is 157 cm³/mol. The summed E-state index contributed by atoms with van der Waals surface area (Å²) in [4.78, 5) is 0. The second-order valence-electron chi connectivity index (χ2n) is 11.4. The molecule has 3 atom stereocenters. The first kappa shape index (κ1) is 30.3. The Kier molecular flexibility index (Phi) is 10.5. The minimum Gasteiger partial charge on any atom is -0.170 e. The van der Waals surface area contributed by atoms with E-state index in [4.69, 9.17) is 0 Å². The van der Waals surface area contributed by atoms with Gasteiger partial charge in [-0.3, -0.25) is 0 Å². The lowest BCUT2D eigenvalue weighted by atomic mass is 9.70. The first-order chi connectivity index (χ1) is 18.1. The molecule has 208 valence electrons. The number of benzene rings is 2. The minimum absolute atomic E-state index is 0.290. The Labute approximate surface area is 229 Å². The minimum atomic E-state index is -4.17. The van der Waals surface area contributed by atoms with Gasteiger partial charge in [-0.05, 0) is 102 Å². The molecule has 0 N–H and O–H groups in total. The Morgan fingerprint density at radius 1 is 0.921 bits per heavy atom. The summed E-state index contributed by atoms with van der Waals surface area (Å²) in [6, 6.07) is 13.1. The van der Waals surface area contributed by atoms with Gasteiger partial charge < -0.3 is 0 Å². The standard InChI is InChI=1S/C35H47F3/c1-7-12-13-14-25-16-20-33(28(9-3)21-25)29(10-4)24-30-17-15-26(22-27(30)8-2)23-32-19-18-31(11-5)34(32,6)35(36,37)38/h10,15-17,20-22,24,31-32H,4,7-9,11-14,18-19,23H2,1-3,5-6H3/b29-24+. The third-order valence-corrected chi connectivity index (χ3v) is 9.20. The van der Waals surface area contributed by atoms with Crippen molar-refractivity contribution < 1.29 is 13.2 Å². The summed E-state index contributed by atoms with van der Waals surface area (Å²) < 4.78 is 42.7. The van der Waals surface area contributed by atoms with E-state index in [1.165, 1.54) is 48.4 Å². The molecule has 0 nitrogen and oxygen atoms in total. The summed E-state index contributed by atoms with van der Waals surface area (Å²) >= 11 is 0. The van der Waals surface area contributed by atoms with Crippen LogP contribution >= 0.6 is 0 Å². The lowest BCUT2D eigenvalue weighted by molar-refractivity contribution is -0.244. The molecule has 1 aliphatic carbocycles. The Balaban J connectivity index is 1.89. The number of aryl methyl sites for hydroxylation is 3. The van der Waals surface area contributed by atoms with Crippen molar-refractivity contribution in [1.29, 1.82) is 0 Å². The summed E-state index contributed by atoms with van der Waals surface area (Å²) in [7, 11) is 0. The molecule has 2 aromatic carbocycles. The zero-order chi connectivity index (χ0) is 27.9. The molecular formula is C35H47F3. The lowest BCUT2D eigenvalue weighted by Gasteiger charge is -2.38. The fourth-order valence-electron chi connectivity index (χ4n) is 6.63. The molecule has 3 unspecified atom stereocenters. The van der Waals surface area contributed by atoms with Gasteiger partial charge in [0.25, 0.3) is 0 Å². The summed E-state index contributed by atoms with van der Waals surface area (Å²) in [5.74, 6) is -0.661. The fourth-order valence-corrected chi connectivity index (χ4v) is 6.63. The SMILES string of the molecule is C=C/C(=C\c1ccc(CC2CCC(CC)C2(C)C(F)(F)F)cc1CC)c1ccc(CCCCC)cc1CC. The first-order valence-electron chi connectivity index (χ1n) is 14.8. The Hall–Kier alpha value is -2.29. The van der Waals surface area contributed by atoms with Gasteiger partial charge in [0, 0.05) is 0 Å². The Bertz CT molecular complexity index is 1110. The van der Waals surface area contributed by atoms with E-state index < -0.39 is 11.6 Å². The molecule has 0 bridgehead atoms. The third-order valence-electron chi connectivity index (χ3n) is 9.20. The van der Waals surface area contributed by atoms with E-state index in [0.29, 0.717) is 25.7 Å². The molecule has 0 spiro atoms. The molecule has 0 radical (unpaired) electrons. The van der Waals surface area contributed by atoms with E-state index in [2.05, 4.69) is 63.8 Å². The Morgan fingerprint density at radius 3 is 2.18 bits per heavy atom. The second kappa shape index (κ2) is 13.2. The summed E-state index contributed by atoms with van der Waals surface area (Å²) in [5.41, 5.74) is 6.73. The topological polar surface area (TPSA) is 0 Å². The van der Waals surface area contributed by atoms with Crippen molar-refractivity contribution in [1.82, 2.24) is 0 Å². The van der Waals surface area contributed by atoms with Crippen molar-refractivity contribution in [2.45, 2.75) is 105 Å².